The predicted molar refractivity (Wildman–Crippen MR) is 83.9 cm³/mol. The minimum atomic E-state index is -2.14. The third kappa shape index (κ3) is 3.00. The van der Waals surface area contributed by atoms with Crippen molar-refractivity contribution < 1.29 is 28.8 Å². The number of hydrogen-bond acceptors (Lipinski definition) is 6. The number of ether oxygens (including phenoxy) is 3. The summed E-state index contributed by atoms with van der Waals surface area (Å²) in [5.74, 6) is -0.762. The summed E-state index contributed by atoms with van der Waals surface area (Å²) < 4.78 is 23.9. The van der Waals surface area contributed by atoms with Gasteiger partial charge in [0.15, 0.2) is 20.4 Å². The van der Waals surface area contributed by atoms with Crippen molar-refractivity contribution in [3.8, 4) is 0 Å². The summed E-state index contributed by atoms with van der Waals surface area (Å²) in [6, 6.07) is 0. The highest BCUT2D eigenvalue weighted by molar-refractivity contribution is 6.74. The van der Waals surface area contributed by atoms with E-state index in [0.717, 1.165) is 0 Å². The lowest BCUT2D eigenvalue weighted by Crippen LogP contribution is -2.57. The van der Waals surface area contributed by atoms with Crippen LogP contribution in [0.1, 0.15) is 34.6 Å². The smallest absolute Gasteiger partial charge is 0.192 e. The Morgan fingerprint density at radius 2 is 1.59 bits per heavy atom. The summed E-state index contributed by atoms with van der Waals surface area (Å²) >= 11 is 0. The number of aliphatic hydroxyl groups excluding tert-OH is 2. The van der Waals surface area contributed by atoms with Crippen LogP contribution < -0.4 is 0 Å². The van der Waals surface area contributed by atoms with Gasteiger partial charge in [-0.2, -0.15) is 0 Å². The first-order valence-electron chi connectivity index (χ1n) is 7.80. The molecule has 2 heterocycles. The standard InChI is InChI=1S/C15H30O6Si/c1-13(2,3)22(6,7)21-11-10-12(19-14(4,5)18-10)20-15(11,8-16)9-17/h10-12,16-17H,8-9H2,1-7H3. The monoisotopic (exact) mass is 334 g/mol. The van der Waals surface area contributed by atoms with Crippen LogP contribution in [0.15, 0.2) is 0 Å². The summed E-state index contributed by atoms with van der Waals surface area (Å²) in [4.78, 5) is 0. The molecule has 7 heteroatoms. The van der Waals surface area contributed by atoms with Crippen LogP contribution in [0.2, 0.25) is 18.1 Å². The molecule has 2 fully saturated rings. The van der Waals surface area contributed by atoms with Crippen LogP contribution in [0.25, 0.3) is 0 Å². The number of rotatable bonds is 4. The fourth-order valence-corrected chi connectivity index (χ4v) is 3.96. The number of aliphatic hydroxyl groups is 2. The first-order valence-corrected chi connectivity index (χ1v) is 10.7. The van der Waals surface area contributed by atoms with Crippen LogP contribution in [0.4, 0.5) is 0 Å². The Hall–Kier alpha value is -0.0231. The zero-order chi connectivity index (χ0) is 17.0. The quantitative estimate of drug-likeness (QED) is 0.761. The maximum absolute atomic E-state index is 9.81. The van der Waals surface area contributed by atoms with Crippen molar-refractivity contribution in [1.29, 1.82) is 0 Å². The van der Waals surface area contributed by atoms with Crippen molar-refractivity contribution in [2.24, 2.45) is 0 Å². The molecule has 130 valence electrons. The zero-order valence-corrected chi connectivity index (χ0v) is 15.7. The minimum Gasteiger partial charge on any atom is -0.408 e. The third-order valence-corrected chi connectivity index (χ3v) is 9.47. The third-order valence-electron chi connectivity index (χ3n) is 5.02. The Bertz CT molecular complexity index is 413. The fourth-order valence-electron chi connectivity index (χ4n) is 2.62. The lowest BCUT2D eigenvalue weighted by Gasteiger charge is -2.43. The van der Waals surface area contributed by atoms with E-state index in [1.807, 2.05) is 13.8 Å². The van der Waals surface area contributed by atoms with Crippen LogP contribution in [0, 0.1) is 0 Å². The highest BCUT2D eigenvalue weighted by Crippen LogP contribution is 2.47. The van der Waals surface area contributed by atoms with Gasteiger partial charge in [0.05, 0.1) is 13.2 Å². The van der Waals surface area contributed by atoms with Crippen molar-refractivity contribution in [3.63, 3.8) is 0 Å². The molecule has 2 rings (SSSR count). The van der Waals surface area contributed by atoms with Crippen LogP contribution >= 0.6 is 0 Å². The molecule has 0 radical (unpaired) electrons. The highest BCUT2D eigenvalue weighted by atomic mass is 28.4. The molecular formula is C15H30O6Si. The summed E-state index contributed by atoms with van der Waals surface area (Å²) in [7, 11) is -2.14. The molecule has 0 bridgehead atoms. The normalized spacial score (nSPS) is 34.0. The topological polar surface area (TPSA) is 77.4 Å². The van der Waals surface area contributed by atoms with Gasteiger partial charge in [-0.25, -0.2) is 0 Å². The molecule has 3 atom stereocenters. The van der Waals surface area contributed by atoms with E-state index in [1.165, 1.54) is 0 Å². The second-order valence-corrected chi connectivity index (χ2v) is 13.0. The molecular weight excluding hydrogens is 304 g/mol. The summed E-state index contributed by atoms with van der Waals surface area (Å²) in [5, 5.41) is 19.6. The molecule has 0 amide bonds. The van der Waals surface area contributed by atoms with Gasteiger partial charge in [0.2, 0.25) is 0 Å². The average molecular weight is 334 g/mol. The van der Waals surface area contributed by atoms with Gasteiger partial charge in [0, 0.05) is 0 Å². The molecule has 0 aromatic rings. The summed E-state index contributed by atoms with van der Waals surface area (Å²) in [6.45, 7) is 13.6. The van der Waals surface area contributed by atoms with Crippen molar-refractivity contribution in [2.45, 2.75) is 82.6 Å². The van der Waals surface area contributed by atoms with Crippen LogP contribution in [0.3, 0.4) is 0 Å². The Balaban J connectivity index is 2.31. The van der Waals surface area contributed by atoms with Gasteiger partial charge in [0.25, 0.3) is 0 Å². The zero-order valence-electron chi connectivity index (χ0n) is 14.7. The minimum absolute atomic E-state index is 0.00326. The van der Waals surface area contributed by atoms with E-state index in [4.69, 9.17) is 18.6 Å². The van der Waals surface area contributed by atoms with E-state index in [0.29, 0.717) is 0 Å². The van der Waals surface area contributed by atoms with Gasteiger partial charge >= 0.3 is 0 Å². The van der Waals surface area contributed by atoms with Gasteiger partial charge in [-0.05, 0) is 32.0 Å². The summed E-state index contributed by atoms with van der Waals surface area (Å²) in [5.41, 5.74) is -1.19. The van der Waals surface area contributed by atoms with E-state index < -0.39 is 38.2 Å². The average Bonchev–Trinajstić information content (AvgIpc) is 2.79. The SMILES string of the molecule is CC1(C)OC2OC(CO)(CO)C(O[Si](C)(C)C(C)(C)C)C2O1. The lowest BCUT2D eigenvalue weighted by atomic mass is 9.97. The molecule has 2 N–H and O–H groups in total. The molecule has 22 heavy (non-hydrogen) atoms. The van der Waals surface area contributed by atoms with Gasteiger partial charge in [-0.1, -0.05) is 20.8 Å². The molecule has 2 saturated heterocycles. The molecule has 0 aromatic carbocycles. The molecule has 3 unspecified atom stereocenters. The van der Waals surface area contributed by atoms with E-state index in [9.17, 15) is 10.2 Å². The molecule has 0 saturated carbocycles. The van der Waals surface area contributed by atoms with Gasteiger partial charge in [-0.15, -0.1) is 0 Å². The van der Waals surface area contributed by atoms with Gasteiger partial charge in [0.1, 0.15) is 17.8 Å². The molecule has 0 aliphatic carbocycles. The largest absolute Gasteiger partial charge is 0.408 e. The van der Waals surface area contributed by atoms with E-state index >= 15 is 0 Å². The molecule has 0 aromatic heterocycles. The van der Waals surface area contributed by atoms with Crippen LogP contribution in [0.5, 0.6) is 0 Å². The Morgan fingerprint density at radius 1 is 1.05 bits per heavy atom. The Labute approximate surface area is 133 Å². The molecule has 6 nitrogen and oxygen atoms in total. The molecule has 0 spiro atoms. The van der Waals surface area contributed by atoms with E-state index in [1.54, 1.807) is 0 Å². The van der Waals surface area contributed by atoms with E-state index in [-0.39, 0.29) is 18.3 Å². The molecule has 2 aliphatic rings. The second kappa shape index (κ2) is 5.51. The Morgan fingerprint density at radius 3 is 2.05 bits per heavy atom. The second-order valence-electron chi connectivity index (χ2n) is 8.27. The first-order chi connectivity index (χ1) is 9.87. The van der Waals surface area contributed by atoms with Crippen molar-refractivity contribution in [3.05, 3.63) is 0 Å². The first kappa shape index (κ1) is 18.3. The van der Waals surface area contributed by atoms with Crippen molar-refractivity contribution >= 4 is 8.32 Å². The fraction of sp³-hybridized carbons (Fsp3) is 1.00. The predicted octanol–water partition coefficient (Wildman–Crippen LogP) is 1.61. The van der Waals surface area contributed by atoms with Gasteiger partial charge in [-0.3, -0.25) is 0 Å². The number of fused-ring (bicyclic) bond motifs is 1. The lowest BCUT2D eigenvalue weighted by molar-refractivity contribution is -0.251. The van der Waals surface area contributed by atoms with Crippen LogP contribution in [-0.2, 0) is 18.6 Å². The highest BCUT2D eigenvalue weighted by Gasteiger charge is 2.63. The van der Waals surface area contributed by atoms with Crippen molar-refractivity contribution in [2.75, 3.05) is 13.2 Å². The van der Waals surface area contributed by atoms with Gasteiger partial charge < -0.3 is 28.8 Å². The summed E-state index contributed by atoms with van der Waals surface area (Å²) in [6.07, 6.45) is -1.65. The maximum atomic E-state index is 9.81. The van der Waals surface area contributed by atoms with E-state index in [2.05, 4.69) is 33.9 Å². The molecule has 2 aliphatic heterocycles. The van der Waals surface area contributed by atoms with Crippen LogP contribution in [-0.4, -0.2) is 61.6 Å². The number of hydrogen-bond donors (Lipinski definition) is 2. The maximum Gasteiger partial charge on any atom is 0.192 e. The Kier molecular flexibility index (Phi) is 4.59. The van der Waals surface area contributed by atoms with Crippen molar-refractivity contribution in [1.82, 2.24) is 0 Å².